The highest BCUT2D eigenvalue weighted by Crippen LogP contribution is 2.22. The average molecular weight is 235 g/mol. The Labute approximate surface area is 93.5 Å². The van der Waals surface area contributed by atoms with Crippen LogP contribution in [-0.4, -0.2) is 37.1 Å². The number of rotatable bonds is 4. The van der Waals surface area contributed by atoms with Gasteiger partial charge in [0.25, 0.3) is 0 Å². The zero-order chi connectivity index (χ0) is 11.3. The van der Waals surface area contributed by atoms with Gasteiger partial charge in [-0.1, -0.05) is 0 Å². The van der Waals surface area contributed by atoms with Crippen LogP contribution >= 0.6 is 11.6 Å². The summed E-state index contributed by atoms with van der Waals surface area (Å²) in [4.78, 5) is 22.2. The number of hydrogen-bond donors (Lipinski definition) is 2. The second-order valence-electron chi connectivity index (χ2n) is 3.49. The van der Waals surface area contributed by atoms with Crippen molar-refractivity contribution in [3.63, 3.8) is 0 Å². The SMILES string of the molecule is COC1CC(NC(=O)NC(=O)CCCl)C1. The van der Waals surface area contributed by atoms with Gasteiger partial charge in [-0.05, 0) is 12.8 Å². The minimum absolute atomic E-state index is 0.110. The summed E-state index contributed by atoms with van der Waals surface area (Å²) in [6, 6.07) is -0.344. The normalized spacial score (nSPS) is 24.1. The number of imide groups is 1. The van der Waals surface area contributed by atoms with E-state index in [9.17, 15) is 9.59 Å². The van der Waals surface area contributed by atoms with E-state index < -0.39 is 6.03 Å². The van der Waals surface area contributed by atoms with E-state index in [-0.39, 0.29) is 30.4 Å². The van der Waals surface area contributed by atoms with Crippen LogP contribution in [-0.2, 0) is 9.53 Å². The highest BCUT2D eigenvalue weighted by molar-refractivity contribution is 6.19. The number of alkyl halides is 1. The van der Waals surface area contributed by atoms with Crippen molar-refractivity contribution in [2.75, 3.05) is 13.0 Å². The second-order valence-corrected chi connectivity index (χ2v) is 3.86. The molecule has 1 rings (SSSR count). The van der Waals surface area contributed by atoms with Crippen LogP contribution in [0.15, 0.2) is 0 Å². The van der Waals surface area contributed by atoms with Crippen molar-refractivity contribution in [2.45, 2.75) is 31.4 Å². The molecule has 0 bridgehead atoms. The van der Waals surface area contributed by atoms with E-state index in [2.05, 4.69) is 10.6 Å². The predicted molar refractivity (Wildman–Crippen MR) is 55.8 cm³/mol. The van der Waals surface area contributed by atoms with E-state index in [1.807, 2.05) is 0 Å². The molecule has 0 aromatic carbocycles. The summed E-state index contributed by atoms with van der Waals surface area (Å²) in [6.45, 7) is 0. The standard InChI is InChI=1S/C9H15ClN2O3/c1-15-7-4-6(5-7)11-9(14)12-8(13)2-3-10/h6-7H,2-5H2,1H3,(H2,11,12,13,14). The van der Waals surface area contributed by atoms with Gasteiger partial charge in [-0.15, -0.1) is 11.6 Å². The molecule has 1 aliphatic rings. The topological polar surface area (TPSA) is 67.4 Å². The summed E-state index contributed by atoms with van der Waals surface area (Å²) in [7, 11) is 1.64. The van der Waals surface area contributed by atoms with Crippen LogP contribution in [0.5, 0.6) is 0 Å². The average Bonchev–Trinajstić information content (AvgIpc) is 2.10. The summed E-state index contributed by atoms with van der Waals surface area (Å²) in [5, 5.41) is 4.87. The van der Waals surface area contributed by atoms with Gasteiger partial charge in [-0.25, -0.2) is 4.79 Å². The van der Waals surface area contributed by atoms with Gasteiger partial charge in [0.2, 0.25) is 5.91 Å². The molecular formula is C9H15ClN2O3. The molecule has 0 heterocycles. The van der Waals surface area contributed by atoms with Crippen molar-refractivity contribution < 1.29 is 14.3 Å². The number of carbonyl (C=O) groups is 2. The number of halogens is 1. The van der Waals surface area contributed by atoms with Crippen molar-refractivity contribution in [3.8, 4) is 0 Å². The maximum absolute atomic E-state index is 11.2. The molecule has 3 amide bonds. The van der Waals surface area contributed by atoms with Gasteiger partial charge in [0, 0.05) is 25.5 Å². The van der Waals surface area contributed by atoms with Crippen molar-refractivity contribution in [1.82, 2.24) is 10.6 Å². The van der Waals surface area contributed by atoms with Crippen molar-refractivity contribution in [3.05, 3.63) is 0 Å². The summed E-state index contributed by atoms with van der Waals surface area (Å²) in [5.41, 5.74) is 0. The molecule has 15 heavy (non-hydrogen) atoms. The molecule has 1 saturated carbocycles. The zero-order valence-electron chi connectivity index (χ0n) is 8.59. The Morgan fingerprint density at radius 3 is 2.67 bits per heavy atom. The van der Waals surface area contributed by atoms with E-state index in [0.717, 1.165) is 12.8 Å². The lowest BCUT2D eigenvalue weighted by atomic mass is 9.89. The summed E-state index contributed by atoms with van der Waals surface area (Å²) in [6.07, 6.45) is 1.98. The van der Waals surface area contributed by atoms with Crippen LogP contribution in [0.25, 0.3) is 0 Å². The quantitative estimate of drug-likeness (QED) is 0.701. The van der Waals surface area contributed by atoms with Crippen LogP contribution < -0.4 is 10.6 Å². The maximum atomic E-state index is 11.2. The summed E-state index contributed by atoms with van der Waals surface area (Å²) in [5.74, 6) is -0.140. The van der Waals surface area contributed by atoms with Crippen LogP contribution in [0, 0.1) is 0 Å². The highest BCUT2D eigenvalue weighted by atomic mass is 35.5. The fourth-order valence-corrected chi connectivity index (χ4v) is 1.54. The van der Waals surface area contributed by atoms with Crippen molar-refractivity contribution >= 4 is 23.5 Å². The lowest BCUT2D eigenvalue weighted by Gasteiger charge is -2.34. The Morgan fingerprint density at radius 2 is 2.13 bits per heavy atom. The maximum Gasteiger partial charge on any atom is 0.321 e. The molecule has 1 fully saturated rings. The Morgan fingerprint density at radius 1 is 1.47 bits per heavy atom. The van der Waals surface area contributed by atoms with Crippen LogP contribution in [0.4, 0.5) is 4.79 Å². The Kier molecular flexibility index (Phi) is 4.84. The van der Waals surface area contributed by atoms with Gasteiger partial charge in [0.1, 0.15) is 0 Å². The molecule has 6 heteroatoms. The molecule has 2 N–H and O–H groups in total. The highest BCUT2D eigenvalue weighted by Gasteiger charge is 2.30. The molecule has 0 saturated heterocycles. The summed E-state index contributed by atoms with van der Waals surface area (Å²) < 4.78 is 5.06. The summed E-state index contributed by atoms with van der Waals surface area (Å²) >= 11 is 5.35. The molecule has 0 atom stereocenters. The third-order valence-corrected chi connectivity index (χ3v) is 2.53. The van der Waals surface area contributed by atoms with Crippen molar-refractivity contribution in [1.29, 1.82) is 0 Å². The number of amides is 3. The molecule has 5 nitrogen and oxygen atoms in total. The zero-order valence-corrected chi connectivity index (χ0v) is 9.34. The van der Waals surface area contributed by atoms with Crippen LogP contribution in [0.1, 0.15) is 19.3 Å². The first-order valence-electron chi connectivity index (χ1n) is 4.84. The molecule has 0 spiro atoms. The number of ether oxygens (including phenoxy) is 1. The molecule has 0 aromatic rings. The molecule has 1 aliphatic carbocycles. The minimum atomic E-state index is -0.454. The second kappa shape index (κ2) is 5.92. The van der Waals surface area contributed by atoms with E-state index in [0.29, 0.717) is 0 Å². The Bertz CT molecular complexity index is 242. The molecule has 86 valence electrons. The fraction of sp³-hybridized carbons (Fsp3) is 0.778. The molecule has 0 radical (unpaired) electrons. The fourth-order valence-electron chi connectivity index (χ4n) is 1.37. The Balaban J connectivity index is 2.12. The third-order valence-electron chi connectivity index (χ3n) is 2.34. The number of hydrogen-bond acceptors (Lipinski definition) is 3. The van der Waals surface area contributed by atoms with Gasteiger partial charge in [0.05, 0.1) is 6.10 Å². The number of urea groups is 1. The molecule has 0 aromatic heterocycles. The first-order valence-corrected chi connectivity index (χ1v) is 5.38. The van der Waals surface area contributed by atoms with E-state index >= 15 is 0 Å². The van der Waals surface area contributed by atoms with E-state index in [1.54, 1.807) is 7.11 Å². The lowest BCUT2D eigenvalue weighted by Crippen LogP contribution is -2.51. The monoisotopic (exact) mass is 234 g/mol. The van der Waals surface area contributed by atoms with Gasteiger partial charge in [0.15, 0.2) is 0 Å². The van der Waals surface area contributed by atoms with E-state index in [1.165, 1.54) is 0 Å². The Hall–Kier alpha value is -0.810. The minimum Gasteiger partial charge on any atom is -0.381 e. The number of methoxy groups -OCH3 is 1. The van der Waals surface area contributed by atoms with Gasteiger partial charge in [-0.3, -0.25) is 10.1 Å². The van der Waals surface area contributed by atoms with Gasteiger partial charge >= 0.3 is 6.03 Å². The van der Waals surface area contributed by atoms with Crippen molar-refractivity contribution in [2.24, 2.45) is 0 Å². The third kappa shape index (κ3) is 4.05. The molecule has 0 aliphatic heterocycles. The van der Waals surface area contributed by atoms with Crippen LogP contribution in [0.2, 0.25) is 0 Å². The van der Waals surface area contributed by atoms with Crippen LogP contribution in [0.3, 0.4) is 0 Å². The molecular weight excluding hydrogens is 220 g/mol. The predicted octanol–water partition coefficient (Wildman–Crippen LogP) is 0.618. The number of carbonyl (C=O) groups excluding carboxylic acids is 2. The first kappa shape index (κ1) is 12.3. The van der Waals surface area contributed by atoms with E-state index in [4.69, 9.17) is 16.3 Å². The molecule has 0 unspecified atom stereocenters. The lowest BCUT2D eigenvalue weighted by molar-refractivity contribution is -0.119. The largest absolute Gasteiger partial charge is 0.381 e. The first-order chi connectivity index (χ1) is 7.15. The number of nitrogens with one attached hydrogen (secondary N) is 2. The smallest absolute Gasteiger partial charge is 0.321 e. The van der Waals surface area contributed by atoms with Gasteiger partial charge < -0.3 is 10.1 Å². The van der Waals surface area contributed by atoms with Gasteiger partial charge in [-0.2, -0.15) is 0 Å².